The van der Waals surface area contributed by atoms with E-state index in [-0.39, 0.29) is 5.91 Å². The Balaban J connectivity index is 1.74. The standard InChI is InChI=1S/C16H19N3O2/c1-10-11(2)21-15(19-10)9-18-16(20)13-5-3-7-14-12(13)6-4-8-17-14/h3,5,7,17H,4,6,8-9H2,1-2H3,(H,18,20). The number of amides is 1. The predicted octanol–water partition coefficient (Wildman–Crippen LogP) is 2.58. The van der Waals surface area contributed by atoms with E-state index in [0.29, 0.717) is 12.4 Å². The van der Waals surface area contributed by atoms with E-state index in [9.17, 15) is 4.79 Å². The molecule has 0 bridgehead atoms. The van der Waals surface area contributed by atoms with Crippen molar-refractivity contribution in [2.45, 2.75) is 33.2 Å². The monoisotopic (exact) mass is 285 g/mol. The summed E-state index contributed by atoms with van der Waals surface area (Å²) in [6.45, 7) is 5.04. The van der Waals surface area contributed by atoms with Crippen molar-refractivity contribution < 1.29 is 9.21 Å². The Morgan fingerprint density at radius 1 is 1.43 bits per heavy atom. The zero-order valence-corrected chi connectivity index (χ0v) is 12.3. The third kappa shape index (κ3) is 2.77. The van der Waals surface area contributed by atoms with E-state index in [0.717, 1.165) is 47.7 Å². The summed E-state index contributed by atoms with van der Waals surface area (Å²) < 4.78 is 5.48. The smallest absolute Gasteiger partial charge is 0.252 e. The number of nitrogens with one attached hydrogen (secondary N) is 2. The maximum atomic E-state index is 12.4. The number of aryl methyl sites for hydroxylation is 2. The van der Waals surface area contributed by atoms with E-state index in [1.165, 1.54) is 0 Å². The molecule has 0 saturated heterocycles. The molecule has 5 nitrogen and oxygen atoms in total. The van der Waals surface area contributed by atoms with Crippen molar-refractivity contribution in [3.05, 3.63) is 46.7 Å². The number of hydrogen-bond donors (Lipinski definition) is 2. The number of oxazole rings is 1. The Morgan fingerprint density at radius 3 is 3.05 bits per heavy atom. The molecular formula is C16H19N3O2. The Labute approximate surface area is 123 Å². The molecular weight excluding hydrogens is 266 g/mol. The van der Waals surface area contributed by atoms with Gasteiger partial charge in [0, 0.05) is 17.8 Å². The fourth-order valence-electron chi connectivity index (χ4n) is 2.59. The van der Waals surface area contributed by atoms with Crippen LogP contribution in [-0.2, 0) is 13.0 Å². The maximum absolute atomic E-state index is 12.4. The summed E-state index contributed by atoms with van der Waals surface area (Å²) in [4.78, 5) is 16.6. The number of hydrogen-bond acceptors (Lipinski definition) is 4. The molecule has 3 rings (SSSR count). The summed E-state index contributed by atoms with van der Waals surface area (Å²) in [5, 5.41) is 6.21. The van der Waals surface area contributed by atoms with Gasteiger partial charge in [0.25, 0.3) is 5.91 Å². The Morgan fingerprint density at radius 2 is 2.29 bits per heavy atom. The van der Waals surface area contributed by atoms with Crippen molar-refractivity contribution in [1.29, 1.82) is 0 Å². The molecule has 0 fully saturated rings. The van der Waals surface area contributed by atoms with Crippen molar-refractivity contribution in [1.82, 2.24) is 10.3 Å². The van der Waals surface area contributed by atoms with Crippen LogP contribution in [0.3, 0.4) is 0 Å². The van der Waals surface area contributed by atoms with E-state index in [1.54, 1.807) is 0 Å². The van der Waals surface area contributed by atoms with Gasteiger partial charge in [-0.3, -0.25) is 4.79 Å². The molecule has 0 radical (unpaired) electrons. The number of aromatic nitrogens is 1. The summed E-state index contributed by atoms with van der Waals surface area (Å²) in [6.07, 6.45) is 1.98. The molecule has 2 aromatic rings. The topological polar surface area (TPSA) is 67.2 Å². The van der Waals surface area contributed by atoms with Gasteiger partial charge in [-0.1, -0.05) is 6.07 Å². The molecule has 1 aliphatic rings. The van der Waals surface area contributed by atoms with Crippen LogP contribution in [0.25, 0.3) is 0 Å². The lowest BCUT2D eigenvalue weighted by Crippen LogP contribution is -2.25. The fraction of sp³-hybridized carbons (Fsp3) is 0.375. The molecule has 5 heteroatoms. The summed E-state index contributed by atoms with van der Waals surface area (Å²) in [5.74, 6) is 1.26. The van der Waals surface area contributed by atoms with Gasteiger partial charge in [-0.05, 0) is 44.4 Å². The number of nitrogens with zero attached hydrogens (tertiary/aromatic N) is 1. The third-order valence-corrected chi connectivity index (χ3v) is 3.81. The molecule has 0 atom stereocenters. The Kier molecular flexibility index (Phi) is 3.64. The van der Waals surface area contributed by atoms with Crippen LogP contribution in [-0.4, -0.2) is 17.4 Å². The minimum absolute atomic E-state index is 0.0796. The molecule has 1 aliphatic heterocycles. The number of benzene rings is 1. The van der Waals surface area contributed by atoms with Crippen molar-refractivity contribution in [3.8, 4) is 0 Å². The van der Waals surface area contributed by atoms with Gasteiger partial charge in [0.15, 0.2) is 0 Å². The number of carbonyl (C=O) groups is 1. The highest BCUT2D eigenvalue weighted by atomic mass is 16.4. The van der Waals surface area contributed by atoms with Gasteiger partial charge < -0.3 is 15.1 Å². The zero-order valence-electron chi connectivity index (χ0n) is 12.3. The van der Waals surface area contributed by atoms with E-state index in [4.69, 9.17) is 4.42 Å². The molecule has 1 aromatic heterocycles. The first kappa shape index (κ1) is 13.7. The van der Waals surface area contributed by atoms with Crippen LogP contribution < -0.4 is 10.6 Å². The van der Waals surface area contributed by atoms with E-state index < -0.39 is 0 Å². The molecule has 0 aliphatic carbocycles. The quantitative estimate of drug-likeness (QED) is 0.909. The highest BCUT2D eigenvalue weighted by Crippen LogP contribution is 2.25. The van der Waals surface area contributed by atoms with Crippen LogP contribution in [0, 0.1) is 13.8 Å². The van der Waals surface area contributed by atoms with E-state index in [2.05, 4.69) is 15.6 Å². The Bertz CT molecular complexity index is 657. The molecule has 1 aromatic carbocycles. The lowest BCUT2D eigenvalue weighted by Gasteiger charge is -2.20. The fourth-order valence-corrected chi connectivity index (χ4v) is 2.59. The zero-order chi connectivity index (χ0) is 14.8. The van der Waals surface area contributed by atoms with Crippen LogP contribution in [0.4, 0.5) is 5.69 Å². The summed E-state index contributed by atoms with van der Waals surface area (Å²) in [5.41, 5.74) is 3.76. The molecule has 0 saturated carbocycles. The normalized spacial score (nSPS) is 13.4. The maximum Gasteiger partial charge on any atom is 0.252 e. The Hall–Kier alpha value is -2.30. The number of fused-ring (bicyclic) bond motifs is 1. The second-order valence-corrected chi connectivity index (χ2v) is 5.29. The average molecular weight is 285 g/mol. The second kappa shape index (κ2) is 5.60. The highest BCUT2D eigenvalue weighted by Gasteiger charge is 2.17. The SMILES string of the molecule is Cc1nc(CNC(=O)c2cccc3c2CCCN3)oc1C. The largest absolute Gasteiger partial charge is 0.444 e. The van der Waals surface area contributed by atoms with Crippen LogP contribution in [0.15, 0.2) is 22.6 Å². The first-order valence-corrected chi connectivity index (χ1v) is 7.22. The first-order chi connectivity index (χ1) is 10.1. The van der Waals surface area contributed by atoms with Crippen molar-refractivity contribution in [3.63, 3.8) is 0 Å². The third-order valence-electron chi connectivity index (χ3n) is 3.81. The van der Waals surface area contributed by atoms with E-state index >= 15 is 0 Å². The molecule has 2 heterocycles. The highest BCUT2D eigenvalue weighted by molar-refractivity contribution is 5.97. The van der Waals surface area contributed by atoms with Gasteiger partial charge >= 0.3 is 0 Å². The summed E-state index contributed by atoms with van der Waals surface area (Å²) in [7, 11) is 0. The number of carbonyl (C=O) groups excluding carboxylic acids is 1. The molecule has 0 spiro atoms. The van der Waals surface area contributed by atoms with Crippen LogP contribution in [0.1, 0.15) is 39.7 Å². The lowest BCUT2D eigenvalue weighted by atomic mass is 9.97. The van der Waals surface area contributed by atoms with Gasteiger partial charge in [-0.15, -0.1) is 0 Å². The van der Waals surface area contributed by atoms with Gasteiger partial charge in [0.1, 0.15) is 5.76 Å². The minimum atomic E-state index is -0.0796. The molecule has 0 unspecified atom stereocenters. The van der Waals surface area contributed by atoms with Gasteiger partial charge in [-0.25, -0.2) is 4.98 Å². The van der Waals surface area contributed by atoms with Gasteiger partial charge in [-0.2, -0.15) is 0 Å². The number of anilines is 1. The van der Waals surface area contributed by atoms with Crippen LogP contribution in [0.2, 0.25) is 0 Å². The van der Waals surface area contributed by atoms with Crippen molar-refractivity contribution >= 4 is 11.6 Å². The molecule has 21 heavy (non-hydrogen) atoms. The van der Waals surface area contributed by atoms with Crippen molar-refractivity contribution in [2.75, 3.05) is 11.9 Å². The van der Waals surface area contributed by atoms with Crippen LogP contribution >= 0.6 is 0 Å². The molecule has 2 N–H and O–H groups in total. The van der Waals surface area contributed by atoms with E-state index in [1.807, 2.05) is 32.0 Å². The second-order valence-electron chi connectivity index (χ2n) is 5.29. The average Bonchev–Trinajstić information content (AvgIpc) is 2.83. The summed E-state index contributed by atoms with van der Waals surface area (Å²) >= 11 is 0. The first-order valence-electron chi connectivity index (χ1n) is 7.22. The molecule has 110 valence electrons. The number of rotatable bonds is 3. The summed E-state index contributed by atoms with van der Waals surface area (Å²) in [6, 6.07) is 5.80. The van der Waals surface area contributed by atoms with Crippen LogP contribution in [0.5, 0.6) is 0 Å². The molecule has 1 amide bonds. The minimum Gasteiger partial charge on any atom is -0.444 e. The van der Waals surface area contributed by atoms with Gasteiger partial charge in [0.05, 0.1) is 12.2 Å². The lowest BCUT2D eigenvalue weighted by molar-refractivity contribution is 0.0946. The van der Waals surface area contributed by atoms with Crippen molar-refractivity contribution in [2.24, 2.45) is 0 Å². The predicted molar refractivity (Wildman–Crippen MR) is 80.4 cm³/mol. The van der Waals surface area contributed by atoms with Gasteiger partial charge in [0.2, 0.25) is 5.89 Å².